The molecule has 0 unspecified atom stereocenters. The predicted molar refractivity (Wildman–Crippen MR) is 70.9 cm³/mol. The second-order valence-electron chi connectivity index (χ2n) is 5.00. The van der Waals surface area contributed by atoms with Crippen LogP contribution in [0.4, 0.5) is 18.9 Å². The fraction of sp³-hybridized carbons (Fsp3) is 0.500. The molecule has 0 radical (unpaired) electrons. The summed E-state index contributed by atoms with van der Waals surface area (Å²) in [4.78, 5) is 0.721. The third-order valence-corrected chi connectivity index (χ3v) is 3.62. The number of nitrogens with two attached hydrogens (primary N) is 1. The lowest BCUT2D eigenvalue weighted by molar-refractivity contribution is -0.139. The minimum atomic E-state index is -4.78. The smallest absolute Gasteiger partial charge is 0.374 e. The van der Waals surface area contributed by atoms with Crippen molar-refractivity contribution in [2.24, 2.45) is 11.1 Å². The number of anilines is 1. The van der Waals surface area contributed by atoms with Gasteiger partial charge < -0.3 is 4.90 Å². The van der Waals surface area contributed by atoms with E-state index in [1.807, 2.05) is 13.8 Å². The van der Waals surface area contributed by atoms with Crippen molar-refractivity contribution >= 4 is 15.7 Å². The highest BCUT2D eigenvalue weighted by Gasteiger charge is 2.36. The van der Waals surface area contributed by atoms with Gasteiger partial charge in [-0.2, -0.15) is 13.2 Å². The van der Waals surface area contributed by atoms with Crippen LogP contribution in [-0.2, 0) is 16.2 Å². The molecule has 0 heterocycles. The second kappa shape index (κ2) is 5.61. The zero-order valence-corrected chi connectivity index (χ0v) is 12.2. The summed E-state index contributed by atoms with van der Waals surface area (Å²) in [6.45, 7) is 4.41. The third kappa shape index (κ3) is 4.11. The maximum atomic E-state index is 12.9. The maximum Gasteiger partial charge on any atom is 0.417 e. The molecule has 1 aromatic carbocycles. The van der Waals surface area contributed by atoms with Gasteiger partial charge in [-0.3, -0.25) is 0 Å². The standard InChI is InChI=1S/C12H17F3N2O2S/c1-8(2)7-17(3)9-4-5-11(20(16,18)19)10(6-9)12(13,14)15/h4-6,8H,7H2,1-3H3,(H2,16,18,19). The zero-order chi connectivity index (χ0) is 15.7. The number of halogens is 3. The van der Waals surface area contributed by atoms with Crippen molar-refractivity contribution in [3.63, 3.8) is 0 Å². The maximum absolute atomic E-state index is 12.9. The molecule has 2 N–H and O–H groups in total. The summed E-state index contributed by atoms with van der Waals surface area (Å²) in [5.41, 5.74) is -0.952. The van der Waals surface area contributed by atoms with Gasteiger partial charge in [0.2, 0.25) is 10.0 Å². The Morgan fingerprint density at radius 2 is 1.85 bits per heavy atom. The van der Waals surface area contributed by atoms with Crippen LogP contribution in [0.3, 0.4) is 0 Å². The Hall–Kier alpha value is -1.28. The molecule has 20 heavy (non-hydrogen) atoms. The molecule has 0 aliphatic rings. The van der Waals surface area contributed by atoms with Gasteiger partial charge in [-0.15, -0.1) is 0 Å². The van der Waals surface area contributed by atoms with Crippen LogP contribution in [0, 0.1) is 5.92 Å². The topological polar surface area (TPSA) is 63.4 Å². The number of alkyl halides is 3. The van der Waals surface area contributed by atoms with E-state index in [-0.39, 0.29) is 5.92 Å². The van der Waals surface area contributed by atoms with Gasteiger partial charge in [-0.1, -0.05) is 13.8 Å². The van der Waals surface area contributed by atoms with E-state index in [2.05, 4.69) is 0 Å². The number of benzene rings is 1. The van der Waals surface area contributed by atoms with Gasteiger partial charge in [0.15, 0.2) is 0 Å². The summed E-state index contributed by atoms with van der Waals surface area (Å²) >= 11 is 0. The van der Waals surface area contributed by atoms with Gasteiger partial charge in [0.05, 0.1) is 10.5 Å². The fourth-order valence-corrected chi connectivity index (χ4v) is 2.62. The SMILES string of the molecule is CC(C)CN(C)c1ccc(S(N)(=O)=O)c(C(F)(F)F)c1. The van der Waals surface area contributed by atoms with Gasteiger partial charge in [0.1, 0.15) is 0 Å². The first kappa shape index (κ1) is 16.8. The lowest BCUT2D eigenvalue weighted by atomic mass is 10.1. The van der Waals surface area contributed by atoms with Gasteiger partial charge >= 0.3 is 6.18 Å². The predicted octanol–water partition coefficient (Wildman–Crippen LogP) is 2.45. The minimum Gasteiger partial charge on any atom is -0.374 e. The van der Waals surface area contributed by atoms with E-state index in [4.69, 9.17) is 5.14 Å². The number of rotatable bonds is 4. The number of primary sulfonamides is 1. The first-order valence-electron chi connectivity index (χ1n) is 5.88. The van der Waals surface area contributed by atoms with Crippen LogP contribution in [0.15, 0.2) is 23.1 Å². The van der Waals surface area contributed by atoms with E-state index in [9.17, 15) is 21.6 Å². The molecule has 1 aromatic rings. The molecule has 0 amide bonds. The highest BCUT2D eigenvalue weighted by molar-refractivity contribution is 7.89. The second-order valence-corrected chi connectivity index (χ2v) is 6.53. The molecule has 4 nitrogen and oxygen atoms in total. The molecule has 0 spiro atoms. The summed E-state index contributed by atoms with van der Waals surface area (Å²) in [6.07, 6.45) is -4.78. The number of hydrogen-bond acceptors (Lipinski definition) is 3. The minimum absolute atomic E-state index is 0.257. The number of nitrogens with zero attached hydrogens (tertiary/aromatic N) is 1. The van der Waals surface area contributed by atoms with Crippen LogP contribution in [0.25, 0.3) is 0 Å². The Balaban J connectivity index is 3.36. The van der Waals surface area contributed by atoms with E-state index < -0.39 is 26.7 Å². The van der Waals surface area contributed by atoms with Crippen LogP contribution < -0.4 is 10.0 Å². The molecule has 1 rings (SSSR count). The van der Waals surface area contributed by atoms with Gasteiger partial charge in [0, 0.05) is 19.3 Å². The summed E-state index contributed by atoms with van der Waals surface area (Å²) in [6, 6.07) is 3.02. The molecule has 0 fully saturated rings. The lowest BCUT2D eigenvalue weighted by Crippen LogP contribution is -2.24. The Kier molecular flexibility index (Phi) is 4.70. The molecule has 0 aromatic heterocycles. The van der Waals surface area contributed by atoms with E-state index in [0.29, 0.717) is 12.2 Å². The summed E-state index contributed by atoms with van der Waals surface area (Å²) < 4.78 is 61.3. The molecular formula is C12H17F3N2O2S. The van der Waals surface area contributed by atoms with Crippen molar-refractivity contribution in [3.05, 3.63) is 23.8 Å². The summed E-state index contributed by atoms with van der Waals surface area (Å²) in [5, 5.41) is 4.82. The molecule has 0 aliphatic carbocycles. The van der Waals surface area contributed by atoms with Crippen LogP contribution in [-0.4, -0.2) is 22.0 Å². The molecule has 0 saturated heterocycles. The Bertz CT molecular complexity index is 583. The summed E-state index contributed by atoms with van der Waals surface area (Å²) in [5.74, 6) is 0.257. The number of hydrogen-bond donors (Lipinski definition) is 1. The molecule has 0 aliphatic heterocycles. The molecule has 0 saturated carbocycles. The monoisotopic (exact) mass is 310 g/mol. The Morgan fingerprint density at radius 3 is 2.25 bits per heavy atom. The Labute approximate surface area is 116 Å². The van der Waals surface area contributed by atoms with Gasteiger partial charge in [-0.05, 0) is 24.1 Å². The highest BCUT2D eigenvalue weighted by Crippen LogP contribution is 2.36. The van der Waals surface area contributed by atoms with Gasteiger partial charge in [-0.25, -0.2) is 13.6 Å². The van der Waals surface area contributed by atoms with Crippen LogP contribution in [0.2, 0.25) is 0 Å². The summed E-state index contributed by atoms with van der Waals surface area (Å²) in [7, 11) is -2.78. The quantitative estimate of drug-likeness (QED) is 0.929. The lowest BCUT2D eigenvalue weighted by Gasteiger charge is -2.23. The van der Waals surface area contributed by atoms with E-state index in [1.165, 1.54) is 6.07 Å². The molecule has 114 valence electrons. The first-order chi connectivity index (χ1) is 8.93. The van der Waals surface area contributed by atoms with E-state index >= 15 is 0 Å². The van der Waals surface area contributed by atoms with Crippen LogP contribution >= 0.6 is 0 Å². The van der Waals surface area contributed by atoms with E-state index in [0.717, 1.165) is 12.1 Å². The van der Waals surface area contributed by atoms with Crippen molar-refractivity contribution in [1.29, 1.82) is 0 Å². The van der Waals surface area contributed by atoms with Crippen molar-refractivity contribution in [2.45, 2.75) is 24.9 Å². The average Bonchev–Trinajstić information content (AvgIpc) is 2.24. The Morgan fingerprint density at radius 1 is 1.30 bits per heavy atom. The van der Waals surface area contributed by atoms with Crippen molar-refractivity contribution < 1.29 is 21.6 Å². The highest BCUT2D eigenvalue weighted by atomic mass is 32.2. The zero-order valence-electron chi connectivity index (χ0n) is 11.4. The van der Waals surface area contributed by atoms with Crippen LogP contribution in [0.1, 0.15) is 19.4 Å². The van der Waals surface area contributed by atoms with E-state index in [1.54, 1.807) is 11.9 Å². The van der Waals surface area contributed by atoms with Crippen molar-refractivity contribution in [3.8, 4) is 0 Å². The molecule has 8 heteroatoms. The first-order valence-corrected chi connectivity index (χ1v) is 7.42. The van der Waals surface area contributed by atoms with Crippen molar-refractivity contribution in [2.75, 3.05) is 18.5 Å². The third-order valence-electron chi connectivity index (χ3n) is 2.65. The average molecular weight is 310 g/mol. The molecule has 0 atom stereocenters. The van der Waals surface area contributed by atoms with Gasteiger partial charge in [0.25, 0.3) is 0 Å². The fourth-order valence-electron chi connectivity index (χ4n) is 1.88. The van der Waals surface area contributed by atoms with Crippen LogP contribution in [0.5, 0.6) is 0 Å². The molecular weight excluding hydrogens is 293 g/mol. The van der Waals surface area contributed by atoms with Crippen molar-refractivity contribution in [1.82, 2.24) is 0 Å². The number of sulfonamides is 1. The normalized spacial score (nSPS) is 12.8. The molecule has 0 bridgehead atoms. The largest absolute Gasteiger partial charge is 0.417 e.